The van der Waals surface area contributed by atoms with Crippen molar-refractivity contribution < 1.29 is 8.78 Å². The molecule has 0 fully saturated rings. The van der Waals surface area contributed by atoms with Crippen molar-refractivity contribution in [3.63, 3.8) is 0 Å². The second kappa shape index (κ2) is 5.56. The summed E-state index contributed by atoms with van der Waals surface area (Å²) in [6, 6.07) is 10.7. The molecule has 0 aliphatic rings. The Bertz CT molecular complexity index is 754. The van der Waals surface area contributed by atoms with Crippen molar-refractivity contribution in [2.75, 3.05) is 11.9 Å². The topological polar surface area (TPSA) is 27.8 Å². The molecule has 0 spiro atoms. The first-order valence-electron chi connectivity index (χ1n) is 6.89. The van der Waals surface area contributed by atoms with Crippen molar-refractivity contribution in [2.24, 2.45) is 0 Å². The molecule has 0 radical (unpaired) electrons. The monoisotopic (exact) mass is 286 g/mol. The van der Waals surface area contributed by atoms with Gasteiger partial charge in [-0.1, -0.05) is 18.2 Å². The normalized spacial score (nSPS) is 11.0. The fourth-order valence-electron chi connectivity index (χ4n) is 2.53. The Morgan fingerprint density at radius 3 is 2.57 bits per heavy atom. The lowest BCUT2D eigenvalue weighted by molar-refractivity contribution is 0.586. The van der Waals surface area contributed by atoms with E-state index in [1.54, 1.807) is 6.92 Å². The Kier molecular flexibility index (Phi) is 3.60. The molecule has 4 heteroatoms. The molecule has 2 aromatic carbocycles. The van der Waals surface area contributed by atoms with Gasteiger partial charge in [0.1, 0.15) is 17.3 Å². The van der Waals surface area contributed by atoms with E-state index in [0.29, 0.717) is 18.5 Å². The van der Waals surface area contributed by atoms with Crippen LogP contribution in [-0.4, -0.2) is 11.5 Å². The number of aryl methyl sites for hydroxylation is 1. The summed E-state index contributed by atoms with van der Waals surface area (Å²) in [5.74, 6) is -1.10. The second-order valence-corrected chi connectivity index (χ2v) is 5.14. The summed E-state index contributed by atoms with van der Waals surface area (Å²) >= 11 is 0. The molecule has 0 atom stereocenters. The van der Waals surface area contributed by atoms with Gasteiger partial charge in [0.2, 0.25) is 0 Å². The van der Waals surface area contributed by atoms with E-state index in [2.05, 4.69) is 10.3 Å². The molecule has 3 rings (SSSR count). The van der Waals surface area contributed by atoms with Crippen LogP contribution in [0, 0.1) is 18.6 Å². The summed E-state index contributed by atoms with van der Waals surface area (Å²) in [4.78, 5) is 3.19. The Labute approximate surface area is 121 Å². The molecule has 21 heavy (non-hydrogen) atoms. The largest absolute Gasteiger partial charge is 0.380 e. The number of aromatic nitrogens is 1. The Morgan fingerprint density at radius 1 is 1.10 bits per heavy atom. The lowest BCUT2D eigenvalue weighted by atomic mass is 10.1. The van der Waals surface area contributed by atoms with Gasteiger partial charge >= 0.3 is 0 Å². The fraction of sp³-hybridized carbons (Fsp3) is 0.176. The van der Waals surface area contributed by atoms with Crippen LogP contribution in [0.25, 0.3) is 10.9 Å². The molecule has 0 aliphatic carbocycles. The first-order valence-corrected chi connectivity index (χ1v) is 6.89. The van der Waals surface area contributed by atoms with Gasteiger partial charge < -0.3 is 10.3 Å². The second-order valence-electron chi connectivity index (χ2n) is 5.14. The Balaban J connectivity index is 1.72. The molecule has 2 nitrogen and oxygen atoms in total. The van der Waals surface area contributed by atoms with E-state index < -0.39 is 11.6 Å². The van der Waals surface area contributed by atoms with Crippen LogP contribution in [0.2, 0.25) is 0 Å². The molecule has 1 aromatic heterocycles. The quantitative estimate of drug-likeness (QED) is 0.730. The fourth-order valence-corrected chi connectivity index (χ4v) is 2.53. The highest BCUT2D eigenvalue weighted by Gasteiger charge is 2.10. The summed E-state index contributed by atoms with van der Waals surface area (Å²) in [6.45, 7) is 2.14. The third kappa shape index (κ3) is 2.75. The van der Waals surface area contributed by atoms with Gasteiger partial charge in [-0.25, -0.2) is 8.78 Å². The number of H-pyrrole nitrogens is 1. The average Bonchev–Trinajstić information content (AvgIpc) is 2.85. The van der Waals surface area contributed by atoms with Gasteiger partial charge in [0, 0.05) is 23.6 Å². The Hall–Kier alpha value is -2.36. The highest BCUT2D eigenvalue weighted by molar-refractivity contribution is 5.83. The number of hydrogen-bond donors (Lipinski definition) is 2. The molecule has 0 unspecified atom stereocenters. The lowest BCUT2D eigenvalue weighted by Gasteiger charge is -2.09. The van der Waals surface area contributed by atoms with Gasteiger partial charge in [0.25, 0.3) is 0 Å². The summed E-state index contributed by atoms with van der Waals surface area (Å²) in [7, 11) is 0. The first kappa shape index (κ1) is 13.6. The van der Waals surface area contributed by atoms with Gasteiger partial charge in [-0.15, -0.1) is 0 Å². The first-order chi connectivity index (χ1) is 10.1. The number of aromatic amines is 1. The summed E-state index contributed by atoms with van der Waals surface area (Å²) in [5.41, 5.74) is 2.72. The zero-order valence-corrected chi connectivity index (χ0v) is 11.7. The van der Waals surface area contributed by atoms with E-state index in [0.717, 1.165) is 16.5 Å². The molecule has 0 bridgehead atoms. The van der Waals surface area contributed by atoms with E-state index in [4.69, 9.17) is 0 Å². The summed E-state index contributed by atoms with van der Waals surface area (Å²) in [5, 5.41) is 3.99. The molecular formula is C17H16F2N2. The Morgan fingerprint density at radius 2 is 1.81 bits per heavy atom. The maximum atomic E-state index is 13.7. The van der Waals surface area contributed by atoms with Crippen LogP contribution in [0.1, 0.15) is 11.1 Å². The SMILES string of the molecule is Cc1cc(F)c(NCCc2c[nH]c3ccccc23)c(F)c1. The number of hydrogen-bond acceptors (Lipinski definition) is 1. The predicted octanol–water partition coefficient (Wildman–Crippen LogP) is 4.41. The number of fused-ring (bicyclic) bond motifs is 1. The van der Waals surface area contributed by atoms with E-state index in [1.165, 1.54) is 12.1 Å². The minimum Gasteiger partial charge on any atom is -0.380 e. The van der Waals surface area contributed by atoms with Gasteiger partial charge in [-0.05, 0) is 42.7 Å². The smallest absolute Gasteiger partial charge is 0.149 e. The van der Waals surface area contributed by atoms with Crippen molar-refractivity contribution in [3.05, 3.63) is 65.4 Å². The minimum atomic E-state index is -0.550. The standard InChI is InChI=1S/C17H16F2N2/c1-11-8-14(18)17(15(19)9-11)20-7-6-12-10-21-16-5-3-2-4-13(12)16/h2-5,8-10,20-21H,6-7H2,1H3. The van der Waals surface area contributed by atoms with Crippen molar-refractivity contribution in [1.82, 2.24) is 4.98 Å². The van der Waals surface area contributed by atoms with Crippen LogP contribution in [-0.2, 0) is 6.42 Å². The highest BCUT2D eigenvalue weighted by Crippen LogP contribution is 2.21. The third-order valence-electron chi connectivity index (χ3n) is 3.56. The van der Waals surface area contributed by atoms with Crippen LogP contribution in [0.3, 0.4) is 0 Å². The molecule has 108 valence electrons. The lowest BCUT2D eigenvalue weighted by Crippen LogP contribution is -2.08. The van der Waals surface area contributed by atoms with E-state index in [1.807, 2.05) is 30.5 Å². The van der Waals surface area contributed by atoms with Gasteiger partial charge in [-0.2, -0.15) is 0 Å². The van der Waals surface area contributed by atoms with Crippen molar-refractivity contribution in [1.29, 1.82) is 0 Å². The number of anilines is 1. The number of benzene rings is 2. The number of halogens is 2. The van der Waals surface area contributed by atoms with Crippen LogP contribution in [0.5, 0.6) is 0 Å². The zero-order valence-electron chi connectivity index (χ0n) is 11.7. The van der Waals surface area contributed by atoms with Crippen LogP contribution in [0.4, 0.5) is 14.5 Å². The third-order valence-corrected chi connectivity index (χ3v) is 3.56. The summed E-state index contributed by atoms with van der Waals surface area (Å²) in [6.07, 6.45) is 2.63. The van der Waals surface area contributed by atoms with E-state index in [9.17, 15) is 8.78 Å². The summed E-state index contributed by atoms with van der Waals surface area (Å²) < 4.78 is 27.4. The zero-order chi connectivity index (χ0) is 14.8. The molecule has 2 N–H and O–H groups in total. The van der Waals surface area contributed by atoms with Gasteiger partial charge in [0.15, 0.2) is 0 Å². The molecule has 0 amide bonds. The molecule has 0 saturated carbocycles. The predicted molar refractivity (Wildman–Crippen MR) is 81.6 cm³/mol. The van der Waals surface area contributed by atoms with Crippen LogP contribution in [0.15, 0.2) is 42.6 Å². The van der Waals surface area contributed by atoms with Gasteiger partial charge in [0.05, 0.1) is 0 Å². The maximum Gasteiger partial charge on any atom is 0.149 e. The van der Waals surface area contributed by atoms with E-state index in [-0.39, 0.29) is 5.69 Å². The molecule has 1 heterocycles. The van der Waals surface area contributed by atoms with Crippen molar-refractivity contribution >= 4 is 16.6 Å². The van der Waals surface area contributed by atoms with Crippen molar-refractivity contribution in [3.8, 4) is 0 Å². The molecule has 0 aliphatic heterocycles. The average molecular weight is 286 g/mol. The van der Waals surface area contributed by atoms with Crippen molar-refractivity contribution in [2.45, 2.75) is 13.3 Å². The maximum absolute atomic E-state index is 13.7. The molecule has 0 saturated heterocycles. The van der Waals surface area contributed by atoms with Gasteiger partial charge in [-0.3, -0.25) is 0 Å². The number of para-hydroxylation sites is 1. The van der Waals surface area contributed by atoms with E-state index >= 15 is 0 Å². The highest BCUT2D eigenvalue weighted by atomic mass is 19.1. The molecule has 3 aromatic rings. The number of rotatable bonds is 4. The molecular weight excluding hydrogens is 270 g/mol. The number of nitrogens with one attached hydrogen (secondary N) is 2. The van der Waals surface area contributed by atoms with Crippen LogP contribution >= 0.6 is 0 Å². The van der Waals surface area contributed by atoms with Crippen LogP contribution < -0.4 is 5.32 Å². The minimum absolute atomic E-state index is 0.0551.